The quantitative estimate of drug-likeness (QED) is 0.647. The molecule has 0 radical (unpaired) electrons. The van der Waals surface area contributed by atoms with Crippen LogP contribution in [0.3, 0.4) is 0 Å². The van der Waals surface area contributed by atoms with Gasteiger partial charge in [0.15, 0.2) is 0 Å². The first-order chi connectivity index (χ1) is 11.1. The lowest BCUT2D eigenvalue weighted by atomic mass is 10.1. The lowest BCUT2D eigenvalue weighted by Crippen LogP contribution is -2.00. The van der Waals surface area contributed by atoms with Crippen LogP contribution in [0.5, 0.6) is 5.75 Å². The number of aliphatic carboxylic acids is 1. The van der Waals surface area contributed by atoms with E-state index in [4.69, 9.17) is 4.74 Å². The number of rotatable bonds is 6. The molecular formula is C19H19NO3. The van der Waals surface area contributed by atoms with Crippen LogP contribution >= 0.6 is 0 Å². The number of hydrogen-bond donors (Lipinski definition) is 1. The molecule has 0 fully saturated rings. The molecule has 0 aliphatic heterocycles. The van der Waals surface area contributed by atoms with Crippen LogP contribution in [-0.4, -0.2) is 23.9 Å². The van der Waals surface area contributed by atoms with Gasteiger partial charge < -0.3 is 9.84 Å². The average Bonchev–Trinajstić information content (AvgIpc) is 2.57. The fraction of sp³-hybridized carbons (Fsp3) is 0.158. The molecule has 0 saturated heterocycles. The van der Waals surface area contributed by atoms with Gasteiger partial charge in [0, 0.05) is 11.8 Å². The highest BCUT2D eigenvalue weighted by Crippen LogP contribution is 2.23. The van der Waals surface area contributed by atoms with Crippen LogP contribution in [0.2, 0.25) is 0 Å². The molecule has 0 amide bonds. The summed E-state index contributed by atoms with van der Waals surface area (Å²) >= 11 is 0. The molecule has 23 heavy (non-hydrogen) atoms. The fourth-order valence-corrected chi connectivity index (χ4v) is 2.04. The first-order valence-corrected chi connectivity index (χ1v) is 7.38. The molecule has 0 spiro atoms. The van der Waals surface area contributed by atoms with Gasteiger partial charge in [-0.3, -0.25) is 4.99 Å². The Morgan fingerprint density at radius 3 is 2.35 bits per heavy atom. The van der Waals surface area contributed by atoms with Crippen molar-refractivity contribution in [2.45, 2.75) is 13.8 Å². The van der Waals surface area contributed by atoms with E-state index in [0.717, 1.165) is 16.9 Å². The van der Waals surface area contributed by atoms with Gasteiger partial charge in [0.05, 0.1) is 17.9 Å². The van der Waals surface area contributed by atoms with E-state index < -0.39 is 5.97 Å². The highest BCUT2D eigenvalue weighted by atomic mass is 16.5. The topological polar surface area (TPSA) is 58.9 Å². The average molecular weight is 309 g/mol. The molecule has 2 aromatic carbocycles. The van der Waals surface area contributed by atoms with Crippen LogP contribution in [-0.2, 0) is 4.79 Å². The van der Waals surface area contributed by atoms with Crippen molar-refractivity contribution in [1.29, 1.82) is 0 Å². The molecule has 4 nitrogen and oxygen atoms in total. The number of hydrogen-bond acceptors (Lipinski definition) is 3. The molecule has 0 unspecified atom stereocenters. The predicted octanol–water partition coefficient (Wildman–Crippen LogP) is 4.02. The molecule has 0 aliphatic carbocycles. The van der Waals surface area contributed by atoms with Crippen LogP contribution in [0.1, 0.15) is 25.0 Å². The van der Waals surface area contributed by atoms with Crippen LogP contribution in [0.25, 0.3) is 5.70 Å². The molecule has 0 bridgehead atoms. The van der Waals surface area contributed by atoms with Gasteiger partial charge in [-0.15, -0.1) is 0 Å². The number of benzene rings is 2. The lowest BCUT2D eigenvalue weighted by Gasteiger charge is -2.07. The van der Waals surface area contributed by atoms with Crippen molar-refractivity contribution in [1.82, 2.24) is 0 Å². The third kappa shape index (κ3) is 4.54. The molecule has 0 aromatic heterocycles. The number of carbonyl (C=O) groups is 1. The van der Waals surface area contributed by atoms with E-state index in [1.54, 1.807) is 13.1 Å². The summed E-state index contributed by atoms with van der Waals surface area (Å²) in [5.74, 6) is -0.241. The second-order valence-corrected chi connectivity index (χ2v) is 4.91. The second kappa shape index (κ2) is 7.94. The van der Waals surface area contributed by atoms with Gasteiger partial charge in [0.1, 0.15) is 5.75 Å². The van der Waals surface area contributed by atoms with Crippen LogP contribution < -0.4 is 4.74 Å². The fourth-order valence-electron chi connectivity index (χ4n) is 2.04. The van der Waals surface area contributed by atoms with Gasteiger partial charge in [0.25, 0.3) is 0 Å². The van der Waals surface area contributed by atoms with Crippen molar-refractivity contribution in [3.8, 4) is 5.75 Å². The summed E-state index contributed by atoms with van der Waals surface area (Å²) in [6, 6.07) is 16.8. The van der Waals surface area contributed by atoms with Gasteiger partial charge in [-0.2, -0.15) is 0 Å². The number of ether oxygens (including phenoxy) is 1. The van der Waals surface area contributed by atoms with E-state index in [-0.39, 0.29) is 5.57 Å². The molecule has 2 aromatic rings. The normalized spacial score (nSPS) is 12.1. The van der Waals surface area contributed by atoms with Crippen LogP contribution in [0, 0.1) is 0 Å². The molecule has 2 rings (SSSR count). The Balaban J connectivity index is 2.37. The first-order valence-electron chi connectivity index (χ1n) is 7.38. The summed E-state index contributed by atoms with van der Waals surface area (Å²) in [4.78, 5) is 15.7. The van der Waals surface area contributed by atoms with E-state index >= 15 is 0 Å². The van der Waals surface area contributed by atoms with Crippen molar-refractivity contribution in [2.75, 3.05) is 6.61 Å². The highest BCUT2D eigenvalue weighted by Gasteiger charge is 2.11. The predicted molar refractivity (Wildman–Crippen MR) is 91.9 cm³/mol. The zero-order valence-corrected chi connectivity index (χ0v) is 13.2. The molecule has 0 atom stereocenters. The van der Waals surface area contributed by atoms with E-state index in [2.05, 4.69) is 4.99 Å². The van der Waals surface area contributed by atoms with Crippen molar-refractivity contribution in [2.24, 2.45) is 4.99 Å². The molecular weight excluding hydrogens is 290 g/mol. The minimum absolute atomic E-state index is 0.196. The second-order valence-electron chi connectivity index (χ2n) is 4.91. The summed E-state index contributed by atoms with van der Waals surface area (Å²) in [6.45, 7) is 4.05. The SMILES string of the molecule is CCOc1ccc(C(N=Cc2ccccc2)=C(C)C(=O)O)cc1. The van der Waals surface area contributed by atoms with Gasteiger partial charge in [-0.25, -0.2) is 4.79 Å². The first kappa shape index (κ1) is 16.5. The van der Waals surface area contributed by atoms with Crippen LogP contribution in [0.15, 0.2) is 65.2 Å². The van der Waals surface area contributed by atoms with Crippen molar-refractivity contribution in [3.05, 3.63) is 71.3 Å². The Hall–Kier alpha value is -2.88. The molecule has 0 saturated carbocycles. The number of carboxylic acids is 1. The van der Waals surface area contributed by atoms with Crippen molar-refractivity contribution in [3.63, 3.8) is 0 Å². The van der Waals surface area contributed by atoms with Crippen molar-refractivity contribution >= 4 is 17.9 Å². The Kier molecular flexibility index (Phi) is 5.69. The molecule has 0 aliphatic rings. The van der Waals surface area contributed by atoms with E-state index in [0.29, 0.717) is 12.3 Å². The zero-order valence-electron chi connectivity index (χ0n) is 13.2. The smallest absolute Gasteiger partial charge is 0.333 e. The van der Waals surface area contributed by atoms with Crippen molar-refractivity contribution < 1.29 is 14.6 Å². The maximum Gasteiger partial charge on any atom is 0.333 e. The maximum absolute atomic E-state index is 11.3. The monoisotopic (exact) mass is 309 g/mol. The van der Waals surface area contributed by atoms with Gasteiger partial charge in [-0.05, 0) is 43.7 Å². The lowest BCUT2D eigenvalue weighted by molar-refractivity contribution is -0.132. The Morgan fingerprint density at radius 1 is 1.13 bits per heavy atom. The summed E-state index contributed by atoms with van der Waals surface area (Å²) in [7, 11) is 0. The maximum atomic E-state index is 11.3. The third-order valence-electron chi connectivity index (χ3n) is 3.26. The number of carboxylic acid groups (broad SMARTS) is 1. The Bertz CT molecular complexity index is 716. The van der Waals surface area contributed by atoms with Gasteiger partial charge >= 0.3 is 5.97 Å². The molecule has 4 heteroatoms. The summed E-state index contributed by atoms with van der Waals surface area (Å²) in [5.41, 5.74) is 2.28. The molecule has 118 valence electrons. The van der Waals surface area contributed by atoms with Crippen LogP contribution in [0.4, 0.5) is 0 Å². The van der Waals surface area contributed by atoms with Gasteiger partial charge in [0.2, 0.25) is 0 Å². The van der Waals surface area contributed by atoms with E-state index in [1.165, 1.54) is 0 Å². The van der Waals surface area contributed by atoms with E-state index in [9.17, 15) is 9.90 Å². The number of nitrogens with zero attached hydrogens (tertiary/aromatic N) is 1. The summed E-state index contributed by atoms with van der Waals surface area (Å²) in [5, 5.41) is 9.29. The largest absolute Gasteiger partial charge is 0.494 e. The molecule has 0 heterocycles. The third-order valence-corrected chi connectivity index (χ3v) is 3.26. The standard InChI is InChI=1S/C19H19NO3/c1-3-23-17-11-9-16(10-12-17)18(14(2)19(21)22)20-13-15-7-5-4-6-8-15/h4-13H,3H2,1-2H3,(H,21,22). The Morgan fingerprint density at radius 2 is 1.78 bits per heavy atom. The van der Waals surface area contributed by atoms with Gasteiger partial charge in [-0.1, -0.05) is 30.3 Å². The summed E-state index contributed by atoms with van der Waals surface area (Å²) < 4.78 is 5.41. The number of aliphatic imine (C=N–C) groups is 1. The Labute approximate surface area is 135 Å². The summed E-state index contributed by atoms with van der Waals surface area (Å²) in [6.07, 6.45) is 1.66. The highest BCUT2D eigenvalue weighted by molar-refractivity contribution is 5.98. The minimum Gasteiger partial charge on any atom is -0.494 e. The van der Waals surface area contributed by atoms with E-state index in [1.807, 2.05) is 61.5 Å². The molecule has 1 N–H and O–H groups in total. The zero-order chi connectivity index (χ0) is 16.7. The minimum atomic E-state index is -0.987.